The summed E-state index contributed by atoms with van der Waals surface area (Å²) in [6.45, 7) is 2.46. The van der Waals surface area contributed by atoms with Gasteiger partial charge in [-0.15, -0.1) is 0 Å². The third-order valence-electron chi connectivity index (χ3n) is 3.03. The van der Waals surface area contributed by atoms with Crippen molar-refractivity contribution in [3.05, 3.63) is 57.8 Å². The second kappa shape index (κ2) is 7.27. The molecule has 2 aromatic rings. The first-order valence-corrected chi connectivity index (χ1v) is 8.18. The van der Waals surface area contributed by atoms with Crippen molar-refractivity contribution in [1.82, 2.24) is 0 Å². The lowest BCUT2D eigenvalue weighted by Gasteiger charge is -2.19. The van der Waals surface area contributed by atoms with Crippen LogP contribution in [0.2, 0.25) is 0 Å². The highest BCUT2D eigenvalue weighted by Crippen LogP contribution is 2.42. The molecule has 0 saturated carbocycles. The molecule has 0 radical (unpaired) electrons. The summed E-state index contributed by atoms with van der Waals surface area (Å²) in [5.74, 6) is 0.894. The summed E-state index contributed by atoms with van der Waals surface area (Å²) >= 11 is 7.01. The molecule has 0 aliphatic heterocycles. The van der Waals surface area contributed by atoms with Crippen molar-refractivity contribution in [2.45, 2.75) is 11.8 Å². The van der Waals surface area contributed by atoms with Gasteiger partial charge in [-0.1, -0.05) is 37.9 Å². The van der Waals surface area contributed by atoms with Gasteiger partial charge in [-0.25, -0.2) is 4.39 Å². The topological polar surface area (TPSA) is 18.5 Å². The van der Waals surface area contributed by atoms with Crippen LogP contribution in [0.3, 0.4) is 0 Å². The molecule has 0 fully saturated rings. The normalized spacial score (nSPS) is 12.0. The standard InChI is InChI=1S/C16H15Br2FO2/c1-3-21-13-8-7-10(17)9-11(13)16(18)15-12(19)5-4-6-14(15)20-2/h4-9,16H,3H2,1-2H3. The molecule has 21 heavy (non-hydrogen) atoms. The maximum absolute atomic E-state index is 14.2. The Morgan fingerprint density at radius 3 is 2.62 bits per heavy atom. The van der Waals surface area contributed by atoms with E-state index in [-0.39, 0.29) is 10.6 Å². The van der Waals surface area contributed by atoms with Crippen LogP contribution in [-0.2, 0) is 0 Å². The molecule has 2 nitrogen and oxygen atoms in total. The van der Waals surface area contributed by atoms with Crippen molar-refractivity contribution in [3.63, 3.8) is 0 Å². The van der Waals surface area contributed by atoms with E-state index in [1.165, 1.54) is 13.2 Å². The minimum Gasteiger partial charge on any atom is -0.496 e. The highest BCUT2D eigenvalue weighted by molar-refractivity contribution is 9.10. The Labute approximate surface area is 140 Å². The minimum absolute atomic E-state index is 0.321. The summed E-state index contributed by atoms with van der Waals surface area (Å²) in [7, 11) is 1.53. The van der Waals surface area contributed by atoms with Crippen LogP contribution in [0.5, 0.6) is 11.5 Å². The summed E-state index contributed by atoms with van der Waals surface area (Å²) < 4.78 is 26.0. The predicted molar refractivity (Wildman–Crippen MR) is 89.0 cm³/mol. The lowest BCUT2D eigenvalue weighted by atomic mass is 10.0. The average Bonchev–Trinajstić information content (AvgIpc) is 2.48. The molecule has 5 heteroatoms. The Balaban J connectivity index is 2.54. The van der Waals surface area contributed by atoms with E-state index >= 15 is 0 Å². The average molecular weight is 418 g/mol. The van der Waals surface area contributed by atoms with Crippen LogP contribution in [0, 0.1) is 5.82 Å². The van der Waals surface area contributed by atoms with Gasteiger partial charge >= 0.3 is 0 Å². The molecule has 2 rings (SSSR count). The Morgan fingerprint density at radius 2 is 1.95 bits per heavy atom. The maximum atomic E-state index is 14.2. The van der Waals surface area contributed by atoms with Gasteiger partial charge in [0.1, 0.15) is 17.3 Å². The number of hydrogen-bond acceptors (Lipinski definition) is 2. The zero-order valence-electron chi connectivity index (χ0n) is 11.7. The molecule has 0 aliphatic rings. The third kappa shape index (κ3) is 3.58. The molecule has 0 bridgehead atoms. The van der Waals surface area contributed by atoms with Crippen molar-refractivity contribution in [1.29, 1.82) is 0 Å². The van der Waals surface area contributed by atoms with Gasteiger partial charge in [-0.2, -0.15) is 0 Å². The first-order valence-electron chi connectivity index (χ1n) is 6.47. The third-order valence-corrected chi connectivity index (χ3v) is 4.48. The number of halogens is 3. The molecule has 0 saturated heterocycles. The van der Waals surface area contributed by atoms with E-state index in [0.29, 0.717) is 23.7 Å². The lowest BCUT2D eigenvalue weighted by molar-refractivity contribution is 0.336. The molecule has 0 spiro atoms. The lowest BCUT2D eigenvalue weighted by Crippen LogP contribution is -2.04. The van der Waals surface area contributed by atoms with E-state index in [1.54, 1.807) is 12.1 Å². The SMILES string of the molecule is CCOc1ccc(Br)cc1C(Br)c1c(F)cccc1OC. The number of benzene rings is 2. The van der Waals surface area contributed by atoms with Crippen LogP contribution in [0.4, 0.5) is 4.39 Å². The van der Waals surface area contributed by atoms with Gasteiger partial charge in [0.2, 0.25) is 0 Å². The van der Waals surface area contributed by atoms with Crippen LogP contribution >= 0.6 is 31.9 Å². The molecule has 0 aromatic heterocycles. The first kappa shape index (κ1) is 16.3. The van der Waals surface area contributed by atoms with Crippen LogP contribution in [-0.4, -0.2) is 13.7 Å². The number of alkyl halides is 1. The van der Waals surface area contributed by atoms with Gasteiger partial charge in [-0.3, -0.25) is 0 Å². The van der Waals surface area contributed by atoms with Gasteiger partial charge in [-0.05, 0) is 37.3 Å². The molecule has 1 atom stereocenters. The number of hydrogen-bond donors (Lipinski definition) is 0. The van der Waals surface area contributed by atoms with Crippen molar-refractivity contribution in [3.8, 4) is 11.5 Å². The van der Waals surface area contributed by atoms with Gasteiger partial charge in [0.25, 0.3) is 0 Å². The van der Waals surface area contributed by atoms with Gasteiger partial charge < -0.3 is 9.47 Å². The fourth-order valence-electron chi connectivity index (χ4n) is 2.10. The summed E-state index contributed by atoms with van der Waals surface area (Å²) in [5.41, 5.74) is 1.30. The van der Waals surface area contributed by atoms with Crippen LogP contribution in [0.1, 0.15) is 22.9 Å². The molecular weight excluding hydrogens is 403 g/mol. The molecule has 0 amide bonds. The Bertz CT molecular complexity index is 632. The highest BCUT2D eigenvalue weighted by Gasteiger charge is 2.23. The molecule has 0 aliphatic carbocycles. The summed E-state index contributed by atoms with van der Waals surface area (Å²) in [4.78, 5) is -0.368. The van der Waals surface area contributed by atoms with E-state index in [4.69, 9.17) is 9.47 Å². The maximum Gasteiger partial charge on any atom is 0.131 e. The molecule has 112 valence electrons. The smallest absolute Gasteiger partial charge is 0.131 e. The molecule has 0 heterocycles. The van der Waals surface area contributed by atoms with E-state index in [1.807, 2.05) is 25.1 Å². The zero-order chi connectivity index (χ0) is 15.4. The largest absolute Gasteiger partial charge is 0.496 e. The summed E-state index contributed by atoms with van der Waals surface area (Å²) in [5, 5.41) is 0. The molecule has 0 N–H and O–H groups in total. The second-order valence-electron chi connectivity index (χ2n) is 4.33. The van der Waals surface area contributed by atoms with E-state index in [2.05, 4.69) is 31.9 Å². The van der Waals surface area contributed by atoms with Crippen LogP contribution < -0.4 is 9.47 Å². The van der Waals surface area contributed by atoms with Gasteiger partial charge in [0.15, 0.2) is 0 Å². The van der Waals surface area contributed by atoms with Crippen LogP contribution in [0.25, 0.3) is 0 Å². The predicted octanol–water partition coefficient (Wildman–Crippen LogP) is 5.48. The Morgan fingerprint density at radius 1 is 1.19 bits per heavy atom. The monoisotopic (exact) mass is 416 g/mol. The number of rotatable bonds is 5. The fraction of sp³-hybridized carbons (Fsp3) is 0.250. The first-order chi connectivity index (χ1) is 10.1. The highest BCUT2D eigenvalue weighted by atomic mass is 79.9. The van der Waals surface area contributed by atoms with E-state index < -0.39 is 0 Å². The van der Waals surface area contributed by atoms with Crippen molar-refractivity contribution in [2.24, 2.45) is 0 Å². The number of ether oxygens (including phenoxy) is 2. The minimum atomic E-state index is -0.368. The van der Waals surface area contributed by atoms with Gasteiger partial charge in [0, 0.05) is 15.6 Å². The van der Waals surface area contributed by atoms with Crippen molar-refractivity contribution < 1.29 is 13.9 Å². The Kier molecular flexibility index (Phi) is 5.65. The van der Waals surface area contributed by atoms with E-state index in [9.17, 15) is 4.39 Å². The van der Waals surface area contributed by atoms with Gasteiger partial charge in [0.05, 0.1) is 18.5 Å². The molecular formula is C16H15Br2FO2. The summed E-state index contributed by atoms with van der Waals surface area (Å²) in [6, 6.07) is 10.5. The molecule has 1 unspecified atom stereocenters. The van der Waals surface area contributed by atoms with Crippen molar-refractivity contribution >= 4 is 31.9 Å². The number of methoxy groups -OCH3 is 1. The summed E-state index contributed by atoms with van der Waals surface area (Å²) in [6.07, 6.45) is 0. The zero-order valence-corrected chi connectivity index (χ0v) is 14.9. The molecule has 2 aromatic carbocycles. The van der Waals surface area contributed by atoms with E-state index in [0.717, 1.165) is 10.0 Å². The van der Waals surface area contributed by atoms with Crippen molar-refractivity contribution in [2.75, 3.05) is 13.7 Å². The quantitative estimate of drug-likeness (QED) is 0.599. The fourth-order valence-corrected chi connectivity index (χ4v) is 3.28. The Hall–Kier alpha value is -1.07. The van der Waals surface area contributed by atoms with Crippen LogP contribution in [0.15, 0.2) is 40.9 Å². The second-order valence-corrected chi connectivity index (χ2v) is 6.16.